The number of likely N-dealkylation sites (tertiary alicyclic amines) is 1. The summed E-state index contributed by atoms with van der Waals surface area (Å²) >= 11 is 1.64. The minimum atomic E-state index is -0.0183. The summed E-state index contributed by atoms with van der Waals surface area (Å²) in [4.78, 5) is 21.3. The molecule has 1 fully saturated rings. The van der Waals surface area contributed by atoms with Gasteiger partial charge in [-0.2, -0.15) is 0 Å². The normalized spacial score (nSPS) is 16.3. The predicted molar refractivity (Wildman–Crippen MR) is 112 cm³/mol. The van der Waals surface area contributed by atoms with E-state index in [1.54, 1.807) is 11.3 Å². The van der Waals surface area contributed by atoms with Crippen LogP contribution in [0.15, 0.2) is 47.8 Å². The van der Waals surface area contributed by atoms with Crippen molar-refractivity contribution in [2.45, 2.75) is 32.2 Å². The fourth-order valence-electron chi connectivity index (χ4n) is 3.74. The van der Waals surface area contributed by atoms with E-state index in [1.807, 2.05) is 47.8 Å². The lowest BCUT2D eigenvalue weighted by Crippen LogP contribution is -2.44. The second-order valence-corrected chi connectivity index (χ2v) is 8.15. The van der Waals surface area contributed by atoms with Crippen LogP contribution in [-0.2, 0) is 0 Å². The van der Waals surface area contributed by atoms with Gasteiger partial charge in [0.15, 0.2) is 0 Å². The molecule has 1 unspecified atom stereocenters. The van der Waals surface area contributed by atoms with Crippen molar-refractivity contribution in [2.75, 3.05) is 19.6 Å². The minimum absolute atomic E-state index is 0.0183. The zero-order valence-corrected chi connectivity index (χ0v) is 16.5. The largest absolute Gasteiger partial charge is 0.350 e. The number of fused-ring (bicyclic) bond motifs is 1. The van der Waals surface area contributed by atoms with Crippen LogP contribution in [0.25, 0.3) is 21.5 Å². The molecule has 1 aromatic carbocycles. The number of aromatic nitrogens is 1. The van der Waals surface area contributed by atoms with Crippen molar-refractivity contribution in [3.63, 3.8) is 0 Å². The Labute approximate surface area is 164 Å². The number of carbonyl (C=O) groups excluding carboxylic acids is 1. The van der Waals surface area contributed by atoms with Crippen molar-refractivity contribution in [3.8, 4) is 10.6 Å². The molecule has 3 aromatic rings. The van der Waals surface area contributed by atoms with E-state index in [-0.39, 0.29) is 5.91 Å². The number of rotatable bonds is 5. The van der Waals surface area contributed by atoms with Gasteiger partial charge in [-0.25, -0.2) is 4.98 Å². The third kappa shape index (κ3) is 4.04. The number of nitrogens with one attached hydrogen (secondary N) is 1. The molecule has 0 spiro atoms. The van der Waals surface area contributed by atoms with Crippen LogP contribution < -0.4 is 5.32 Å². The second kappa shape index (κ2) is 8.19. The predicted octanol–water partition coefficient (Wildman–Crippen LogP) is 4.57. The molecule has 5 heteroatoms. The standard InChI is InChI=1S/C22H25N3OS/c1-16(25-11-5-2-6-12-25)15-23-22(26)18-14-20(21-10-7-13-27-21)24-19-9-4-3-8-17(18)19/h3-4,7-10,13-14,16H,2,5-6,11-12,15H2,1H3,(H,23,26). The Morgan fingerprint density at radius 2 is 2.00 bits per heavy atom. The first-order valence-corrected chi connectivity index (χ1v) is 10.6. The molecule has 1 amide bonds. The third-order valence-corrected chi connectivity index (χ3v) is 6.20. The zero-order valence-electron chi connectivity index (χ0n) is 15.6. The first-order chi connectivity index (χ1) is 13.2. The molecule has 0 radical (unpaired) electrons. The van der Waals surface area contributed by atoms with E-state index in [1.165, 1.54) is 19.3 Å². The van der Waals surface area contributed by atoms with Crippen LogP contribution in [0.3, 0.4) is 0 Å². The summed E-state index contributed by atoms with van der Waals surface area (Å²) in [7, 11) is 0. The lowest BCUT2D eigenvalue weighted by Gasteiger charge is -2.32. The summed E-state index contributed by atoms with van der Waals surface area (Å²) in [5, 5.41) is 6.09. The molecule has 140 valence electrons. The van der Waals surface area contributed by atoms with E-state index in [9.17, 15) is 4.79 Å². The Bertz CT molecular complexity index is 916. The Kier molecular flexibility index (Phi) is 5.50. The van der Waals surface area contributed by atoms with Gasteiger partial charge in [0.1, 0.15) is 0 Å². The van der Waals surface area contributed by atoms with E-state index < -0.39 is 0 Å². The first kappa shape index (κ1) is 18.1. The Balaban J connectivity index is 1.57. The molecule has 3 heterocycles. The maximum Gasteiger partial charge on any atom is 0.252 e. The molecule has 2 aromatic heterocycles. The van der Waals surface area contributed by atoms with Gasteiger partial charge in [-0.3, -0.25) is 9.69 Å². The second-order valence-electron chi connectivity index (χ2n) is 7.21. The van der Waals surface area contributed by atoms with Gasteiger partial charge in [0.25, 0.3) is 5.91 Å². The number of hydrogen-bond donors (Lipinski definition) is 1. The molecule has 1 N–H and O–H groups in total. The molecule has 0 saturated carbocycles. The molecule has 0 bridgehead atoms. The van der Waals surface area contributed by atoms with Gasteiger partial charge in [-0.1, -0.05) is 30.7 Å². The Hall–Kier alpha value is -2.24. The van der Waals surface area contributed by atoms with Crippen molar-refractivity contribution in [2.24, 2.45) is 0 Å². The highest BCUT2D eigenvalue weighted by molar-refractivity contribution is 7.13. The van der Waals surface area contributed by atoms with E-state index in [0.29, 0.717) is 18.2 Å². The van der Waals surface area contributed by atoms with Crippen LogP contribution in [0.5, 0.6) is 0 Å². The highest BCUT2D eigenvalue weighted by Gasteiger charge is 2.19. The summed E-state index contributed by atoms with van der Waals surface area (Å²) in [6, 6.07) is 14.2. The number of pyridine rings is 1. The van der Waals surface area contributed by atoms with Gasteiger partial charge in [0.05, 0.1) is 21.7 Å². The summed E-state index contributed by atoms with van der Waals surface area (Å²) in [6.45, 7) is 5.15. The number of piperidine rings is 1. The van der Waals surface area contributed by atoms with Crippen LogP contribution in [0.4, 0.5) is 0 Å². The Morgan fingerprint density at radius 3 is 2.78 bits per heavy atom. The monoisotopic (exact) mass is 379 g/mol. The molecule has 4 rings (SSSR count). The fraction of sp³-hybridized carbons (Fsp3) is 0.364. The fourth-order valence-corrected chi connectivity index (χ4v) is 4.42. The van der Waals surface area contributed by atoms with Crippen LogP contribution in [0, 0.1) is 0 Å². The van der Waals surface area contributed by atoms with Crippen LogP contribution >= 0.6 is 11.3 Å². The average molecular weight is 380 g/mol. The minimum Gasteiger partial charge on any atom is -0.350 e. The number of hydrogen-bond acceptors (Lipinski definition) is 4. The van der Waals surface area contributed by atoms with Gasteiger partial charge in [-0.15, -0.1) is 11.3 Å². The number of carbonyl (C=O) groups is 1. The van der Waals surface area contributed by atoms with Crippen molar-refractivity contribution < 1.29 is 4.79 Å². The lowest BCUT2D eigenvalue weighted by atomic mass is 10.1. The van der Waals surface area contributed by atoms with Crippen molar-refractivity contribution >= 4 is 28.1 Å². The van der Waals surface area contributed by atoms with E-state index in [0.717, 1.165) is 34.6 Å². The van der Waals surface area contributed by atoms with Crippen LogP contribution in [0.1, 0.15) is 36.5 Å². The maximum atomic E-state index is 13.0. The van der Waals surface area contributed by atoms with E-state index in [2.05, 4.69) is 17.1 Å². The van der Waals surface area contributed by atoms with Gasteiger partial charge < -0.3 is 5.32 Å². The highest BCUT2D eigenvalue weighted by Crippen LogP contribution is 2.27. The summed E-state index contributed by atoms with van der Waals surface area (Å²) < 4.78 is 0. The number of thiophene rings is 1. The van der Waals surface area contributed by atoms with Gasteiger partial charge in [-0.05, 0) is 56.4 Å². The SMILES string of the molecule is CC(CNC(=O)c1cc(-c2cccs2)nc2ccccc12)N1CCCCC1. The molecule has 1 atom stereocenters. The zero-order chi connectivity index (χ0) is 18.6. The molecule has 4 nitrogen and oxygen atoms in total. The number of amides is 1. The van der Waals surface area contributed by atoms with Gasteiger partial charge >= 0.3 is 0 Å². The maximum absolute atomic E-state index is 13.0. The number of benzene rings is 1. The van der Waals surface area contributed by atoms with Crippen LogP contribution in [0.2, 0.25) is 0 Å². The summed E-state index contributed by atoms with van der Waals surface area (Å²) in [5.74, 6) is -0.0183. The quantitative estimate of drug-likeness (QED) is 0.706. The van der Waals surface area contributed by atoms with Crippen molar-refractivity contribution in [1.82, 2.24) is 15.2 Å². The average Bonchev–Trinajstić information content (AvgIpc) is 3.26. The number of para-hydroxylation sites is 1. The molecule has 1 aliphatic rings. The van der Waals surface area contributed by atoms with Crippen molar-refractivity contribution in [3.05, 3.63) is 53.4 Å². The lowest BCUT2D eigenvalue weighted by molar-refractivity contribution is 0.0931. The molecule has 27 heavy (non-hydrogen) atoms. The topological polar surface area (TPSA) is 45.2 Å². The van der Waals surface area contributed by atoms with Gasteiger partial charge in [0.2, 0.25) is 0 Å². The number of nitrogens with zero attached hydrogens (tertiary/aromatic N) is 2. The molecule has 1 aliphatic heterocycles. The summed E-state index contributed by atoms with van der Waals surface area (Å²) in [5.41, 5.74) is 2.42. The van der Waals surface area contributed by atoms with Crippen molar-refractivity contribution in [1.29, 1.82) is 0 Å². The van der Waals surface area contributed by atoms with E-state index >= 15 is 0 Å². The smallest absolute Gasteiger partial charge is 0.252 e. The first-order valence-electron chi connectivity index (χ1n) is 9.68. The molecular formula is C22H25N3OS. The summed E-state index contributed by atoms with van der Waals surface area (Å²) in [6.07, 6.45) is 3.85. The molecule has 1 saturated heterocycles. The third-order valence-electron chi connectivity index (χ3n) is 5.31. The molecule has 0 aliphatic carbocycles. The Morgan fingerprint density at radius 1 is 1.19 bits per heavy atom. The highest BCUT2D eigenvalue weighted by atomic mass is 32.1. The molecular weight excluding hydrogens is 354 g/mol. The van der Waals surface area contributed by atoms with Crippen LogP contribution in [-0.4, -0.2) is 41.5 Å². The van der Waals surface area contributed by atoms with Gasteiger partial charge in [0, 0.05) is 18.0 Å². The van der Waals surface area contributed by atoms with E-state index in [4.69, 9.17) is 4.98 Å².